The fourth-order valence-corrected chi connectivity index (χ4v) is 2.15. The maximum atomic E-state index is 11.0. The van der Waals surface area contributed by atoms with Crippen LogP contribution < -0.4 is 4.74 Å². The largest absolute Gasteiger partial charge is 0.484 e. The van der Waals surface area contributed by atoms with Crippen LogP contribution in [0.5, 0.6) is 5.75 Å². The summed E-state index contributed by atoms with van der Waals surface area (Å²) in [4.78, 5) is 15.2. The molecule has 1 aromatic carbocycles. The Morgan fingerprint density at radius 2 is 2.30 bits per heavy atom. The fraction of sp³-hybridized carbons (Fsp3) is 0.308. The Balaban J connectivity index is 1.67. The van der Waals surface area contributed by atoms with Crippen LogP contribution in [0.25, 0.3) is 0 Å². The van der Waals surface area contributed by atoms with E-state index in [1.54, 1.807) is 12.1 Å². The predicted octanol–water partition coefficient (Wildman–Crippen LogP) is 2.99. The maximum Gasteiger partial charge on any atom is 0.336 e. The summed E-state index contributed by atoms with van der Waals surface area (Å²) in [6, 6.07) is 4.75. The van der Waals surface area contributed by atoms with Crippen LogP contribution >= 0.6 is 15.9 Å². The number of hydrogen-bond donors (Lipinski definition) is 1. The average Bonchev–Trinajstić information content (AvgIpc) is 3.17. The van der Waals surface area contributed by atoms with Crippen LogP contribution in [-0.4, -0.2) is 21.2 Å². The molecule has 3 rings (SSSR count). The van der Waals surface area contributed by atoms with Crippen LogP contribution in [0, 0.1) is 0 Å². The summed E-state index contributed by atoms with van der Waals surface area (Å²) in [7, 11) is 0. The van der Waals surface area contributed by atoms with Gasteiger partial charge in [0.25, 0.3) is 5.89 Å². The van der Waals surface area contributed by atoms with E-state index in [0.717, 1.165) is 18.7 Å². The van der Waals surface area contributed by atoms with Crippen LogP contribution in [0.1, 0.15) is 40.8 Å². The molecular formula is C13H11BrN2O4. The van der Waals surface area contributed by atoms with Crippen molar-refractivity contribution in [2.75, 3.05) is 0 Å². The van der Waals surface area contributed by atoms with E-state index >= 15 is 0 Å². The first-order valence-electron chi connectivity index (χ1n) is 6.11. The van der Waals surface area contributed by atoms with Crippen LogP contribution in [0.4, 0.5) is 0 Å². The number of ether oxygens (including phenoxy) is 1. The molecule has 1 aliphatic carbocycles. The van der Waals surface area contributed by atoms with Gasteiger partial charge < -0.3 is 14.4 Å². The van der Waals surface area contributed by atoms with E-state index in [0.29, 0.717) is 22.0 Å². The van der Waals surface area contributed by atoms with E-state index in [4.69, 9.17) is 14.4 Å². The minimum atomic E-state index is -1.02. The van der Waals surface area contributed by atoms with E-state index in [1.807, 2.05) is 0 Å². The molecule has 0 bridgehead atoms. The van der Waals surface area contributed by atoms with Crippen molar-refractivity contribution in [3.8, 4) is 5.75 Å². The second-order valence-corrected chi connectivity index (χ2v) is 5.41. The molecule has 0 aliphatic heterocycles. The zero-order valence-corrected chi connectivity index (χ0v) is 12.0. The number of aromatic nitrogens is 2. The van der Waals surface area contributed by atoms with Gasteiger partial charge in [-0.25, -0.2) is 4.79 Å². The zero-order chi connectivity index (χ0) is 14.1. The van der Waals surface area contributed by atoms with E-state index in [-0.39, 0.29) is 12.2 Å². The van der Waals surface area contributed by atoms with E-state index < -0.39 is 5.97 Å². The van der Waals surface area contributed by atoms with Crippen molar-refractivity contribution in [2.24, 2.45) is 0 Å². The highest BCUT2D eigenvalue weighted by Gasteiger charge is 2.28. The van der Waals surface area contributed by atoms with E-state index in [9.17, 15) is 4.79 Å². The zero-order valence-electron chi connectivity index (χ0n) is 10.4. The molecule has 7 heteroatoms. The van der Waals surface area contributed by atoms with Gasteiger partial charge in [-0.2, -0.15) is 4.98 Å². The van der Waals surface area contributed by atoms with Gasteiger partial charge in [-0.1, -0.05) is 5.16 Å². The summed E-state index contributed by atoms with van der Waals surface area (Å²) >= 11 is 3.18. The molecule has 104 valence electrons. The van der Waals surface area contributed by atoms with Gasteiger partial charge in [-0.05, 0) is 47.0 Å². The van der Waals surface area contributed by atoms with Crippen molar-refractivity contribution in [1.82, 2.24) is 10.1 Å². The number of carboxylic acids is 1. The quantitative estimate of drug-likeness (QED) is 0.901. The lowest BCUT2D eigenvalue weighted by atomic mass is 10.2. The van der Waals surface area contributed by atoms with Gasteiger partial charge in [0.1, 0.15) is 5.75 Å². The third-order valence-electron chi connectivity index (χ3n) is 2.96. The Hall–Kier alpha value is -1.89. The Bertz CT molecular complexity index is 652. The molecule has 0 radical (unpaired) electrons. The highest BCUT2D eigenvalue weighted by Crippen LogP contribution is 2.38. The first-order valence-corrected chi connectivity index (χ1v) is 6.91. The first-order chi connectivity index (χ1) is 9.63. The number of rotatable bonds is 5. The fourth-order valence-electron chi connectivity index (χ4n) is 1.74. The molecule has 2 aromatic rings. The second kappa shape index (κ2) is 5.24. The van der Waals surface area contributed by atoms with Gasteiger partial charge >= 0.3 is 5.97 Å². The van der Waals surface area contributed by atoms with Gasteiger partial charge in [-0.15, -0.1) is 0 Å². The minimum Gasteiger partial charge on any atom is -0.484 e. The molecule has 1 N–H and O–H groups in total. The Kier molecular flexibility index (Phi) is 3.43. The molecule has 1 heterocycles. The lowest BCUT2D eigenvalue weighted by Crippen LogP contribution is -2.00. The van der Waals surface area contributed by atoms with Crippen molar-refractivity contribution in [3.05, 3.63) is 40.0 Å². The third kappa shape index (κ3) is 2.82. The molecule has 0 atom stereocenters. The lowest BCUT2D eigenvalue weighted by molar-refractivity contribution is 0.0695. The van der Waals surface area contributed by atoms with Gasteiger partial charge in [0, 0.05) is 10.4 Å². The lowest BCUT2D eigenvalue weighted by Gasteiger charge is -2.05. The molecule has 20 heavy (non-hydrogen) atoms. The Morgan fingerprint density at radius 3 is 3.00 bits per heavy atom. The Morgan fingerprint density at radius 1 is 1.50 bits per heavy atom. The molecule has 0 saturated heterocycles. The molecule has 1 aliphatic rings. The van der Waals surface area contributed by atoms with Crippen molar-refractivity contribution in [3.63, 3.8) is 0 Å². The molecule has 0 amide bonds. The van der Waals surface area contributed by atoms with Crippen LogP contribution in [-0.2, 0) is 6.61 Å². The highest BCUT2D eigenvalue weighted by atomic mass is 79.9. The average molecular weight is 339 g/mol. The second-order valence-electron chi connectivity index (χ2n) is 4.56. The van der Waals surface area contributed by atoms with Crippen molar-refractivity contribution < 1.29 is 19.2 Å². The van der Waals surface area contributed by atoms with Crippen molar-refractivity contribution >= 4 is 21.9 Å². The summed E-state index contributed by atoms with van der Waals surface area (Å²) in [5.41, 5.74) is 0.145. The molecular weight excluding hydrogens is 328 g/mol. The van der Waals surface area contributed by atoms with Gasteiger partial charge in [-0.3, -0.25) is 0 Å². The SMILES string of the molecule is O=C(O)c1cc(OCc2nc(C3CC3)no2)ccc1Br. The summed E-state index contributed by atoms with van der Waals surface area (Å²) in [6.07, 6.45) is 2.21. The normalized spacial score (nSPS) is 14.2. The van der Waals surface area contributed by atoms with Gasteiger partial charge in [0.2, 0.25) is 0 Å². The molecule has 0 unspecified atom stereocenters. The van der Waals surface area contributed by atoms with Crippen LogP contribution in [0.2, 0.25) is 0 Å². The highest BCUT2D eigenvalue weighted by molar-refractivity contribution is 9.10. The van der Waals surface area contributed by atoms with E-state index in [1.165, 1.54) is 6.07 Å². The number of aromatic carboxylic acids is 1. The van der Waals surface area contributed by atoms with Crippen molar-refractivity contribution in [2.45, 2.75) is 25.4 Å². The Labute approximate surface area is 122 Å². The number of carbonyl (C=O) groups is 1. The smallest absolute Gasteiger partial charge is 0.336 e. The molecule has 6 nitrogen and oxygen atoms in total. The van der Waals surface area contributed by atoms with E-state index in [2.05, 4.69) is 26.1 Å². The topological polar surface area (TPSA) is 85.5 Å². The van der Waals surface area contributed by atoms with Gasteiger partial charge in [0.15, 0.2) is 12.4 Å². The standard InChI is InChI=1S/C13H11BrN2O4/c14-10-4-3-8(5-9(10)13(17)18)19-6-11-15-12(16-20-11)7-1-2-7/h3-5,7H,1-2,6H2,(H,17,18). The van der Waals surface area contributed by atoms with Crippen LogP contribution in [0.3, 0.4) is 0 Å². The first kappa shape index (κ1) is 13.1. The van der Waals surface area contributed by atoms with Gasteiger partial charge in [0.05, 0.1) is 5.56 Å². The van der Waals surface area contributed by atoms with Crippen LogP contribution in [0.15, 0.2) is 27.2 Å². The summed E-state index contributed by atoms with van der Waals surface area (Å²) in [5.74, 6) is 0.976. The monoisotopic (exact) mass is 338 g/mol. The summed E-state index contributed by atoms with van der Waals surface area (Å²) in [5, 5.41) is 12.9. The number of halogens is 1. The molecule has 1 saturated carbocycles. The predicted molar refractivity (Wildman–Crippen MR) is 71.7 cm³/mol. The maximum absolute atomic E-state index is 11.0. The summed E-state index contributed by atoms with van der Waals surface area (Å²) in [6.45, 7) is 0.125. The molecule has 1 fully saturated rings. The number of nitrogens with zero attached hydrogens (tertiary/aromatic N) is 2. The third-order valence-corrected chi connectivity index (χ3v) is 3.65. The minimum absolute atomic E-state index is 0.125. The summed E-state index contributed by atoms with van der Waals surface area (Å²) < 4.78 is 11.1. The molecule has 0 spiro atoms. The number of hydrogen-bond acceptors (Lipinski definition) is 5. The number of benzene rings is 1. The van der Waals surface area contributed by atoms with Crippen molar-refractivity contribution in [1.29, 1.82) is 0 Å². The molecule has 1 aromatic heterocycles. The number of carboxylic acid groups (broad SMARTS) is 1.